The molecule has 0 radical (unpaired) electrons. The van der Waals surface area contributed by atoms with Crippen LogP contribution in [0.2, 0.25) is 0 Å². The highest BCUT2D eigenvalue weighted by molar-refractivity contribution is 6.08. The quantitative estimate of drug-likeness (QED) is 0.537. The molecule has 4 rings (SSSR count). The zero-order chi connectivity index (χ0) is 18.9. The van der Waals surface area contributed by atoms with Crippen molar-refractivity contribution in [1.82, 2.24) is 10.3 Å². The summed E-state index contributed by atoms with van der Waals surface area (Å²) in [7, 11) is 0. The van der Waals surface area contributed by atoms with Gasteiger partial charge in [-0.1, -0.05) is 48.5 Å². The molecule has 1 aromatic heterocycles. The molecule has 1 N–H and O–H groups in total. The fourth-order valence-electron chi connectivity index (χ4n) is 3.58. The number of pyridine rings is 1. The average molecular weight is 354 g/mol. The molecule has 0 saturated heterocycles. The highest BCUT2D eigenvalue weighted by atomic mass is 16.1. The van der Waals surface area contributed by atoms with Crippen LogP contribution in [-0.2, 0) is 6.42 Å². The van der Waals surface area contributed by atoms with Gasteiger partial charge in [0.1, 0.15) is 0 Å². The molecule has 0 spiro atoms. The van der Waals surface area contributed by atoms with Crippen molar-refractivity contribution >= 4 is 11.5 Å². The number of hydrogen-bond acceptors (Lipinski definition) is 3. The predicted octanol–water partition coefficient (Wildman–Crippen LogP) is 4.90. The van der Waals surface area contributed by atoms with Gasteiger partial charge in [0.15, 0.2) is 5.78 Å². The predicted molar refractivity (Wildman–Crippen MR) is 109 cm³/mol. The van der Waals surface area contributed by atoms with E-state index in [0.29, 0.717) is 5.56 Å². The zero-order valence-electron chi connectivity index (χ0n) is 15.6. The summed E-state index contributed by atoms with van der Waals surface area (Å²) in [6.45, 7) is 4.32. The van der Waals surface area contributed by atoms with Crippen LogP contribution in [0.1, 0.15) is 35.3 Å². The third-order valence-corrected chi connectivity index (χ3v) is 4.83. The first-order valence-corrected chi connectivity index (χ1v) is 9.15. The van der Waals surface area contributed by atoms with Crippen LogP contribution in [0.25, 0.3) is 16.8 Å². The minimum absolute atomic E-state index is 0.00790. The van der Waals surface area contributed by atoms with E-state index in [2.05, 4.69) is 42.3 Å². The lowest BCUT2D eigenvalue weighted by molar-refractivity contribution is 0.104. The van der Waals surface area contributed by atoms with E-state index in [0.717, 1.165) is 28.8 Å². The third-order valence-electron chi connectivity index (χ3n) is 4.83. The Hall–Kier alpha value is -3.20. The van der Waals surface area contributed by atoms with E-state index in [1.54, 1.807) is 12.3 Å². The zero-order valence-corrected chi connectivity index (χ0v) is 15.6. The Labute approximate surface area is 159 Å². The second-order valence-electron chi connectivity index (χ2n) is 7.59. The van der Waals surface area contributed by atoms with Crippen molar-refractivity contribution in [1.29, 1.82) is 0 Å². The molecule has 134 valence electrons. The lowest BCUT2D eigenvalue weighted by Crippen LogP contribution is -2.43. The molecule has 0 saturated carbocycles. The fourth-order valence-corrected chi connectivity index (χ4v) is 3.58. The molecule has 1 aliphatic heterocycles. The number of rotatable bonds is 3. The molecule has 2 aromatic carbocycles. The van der Waals surface area contributed by atoms with E-state index in [-0.39, 0.29) is 11.3 Å². The standard InChI is InChI=1S/C24H22N2O/c1-24(2)15-19-11-10-18(20-9-6-12-25-16-20)13-21(19)22(26-24)14-23(27)17-7-4-3-5-8-17/h3-14,16,26H,15H2,1-2H3. The Morgan fingerprint density at radius 3 is 2.59 bits per heavy atom. The minimum atomic E-state index is -0.106. The van der Waals surface area contributed by atoms with Gasteiger partial charge >= 0.3 is 0 Å². The molecule has 1 aliphatic rings. The molecule has 3 nitrogen and oxygen atoms in total. The van der Waals surface area contributed by atoms with Gasteiger partial charge in [0.05, 0.1) is 0 Å². The highest BCUT2D eigenvalue weighted by Crippen LogP contribution is 2.33. The summed E-state index contributed by atoms with van der Waals surface area (Å²) in [5.74, 6) is 0.00790. The first-order chi connectivity index (χ1) is 13.0. The van der Waals surface area contributed by atoms with Gasteiger partial charge in [0, 0.05) is 46.4 Å². The summed E-state index contributed by atoms with van der Waals surface area (Å²) < 4.78 is 0. The number of aromatic nitrogens is 1. The Morgan fingerprint density at radius 2 is 1.85 bits per heavy atom. The number of carbonyl (C=O) groups is 1. The number of nitrogens with one attached hydrogen (secondary N) is 1. The number of hydrogen-bond donors (Lipinski definition) is 1. The van der Waals surface area contributed by atoms with Gasteiger partial charge < -0.3 is 5.32 Å². The first kappa shape index (κ1) is 17.2. The van der Waals surface area contributed by atoms with Gasteiger partial charge in [-0.25, -0.2) is 0 Å². The first-order valence-electron chi connectivity index (χ1n) is 9.15. The lowest BCUT2D eigenvalue weighted by atomic mass is 9.84. The van der Waals surface area contributed by atoms with Crippen molar-refractivity contribution in [3.8, 4) is 11.1 Å². The van der Waals surface area contributed by atoms with Gasteiger partial charge in [-0.05, 0) is 43.5 Å². The van der Waals surface area contributed by atoms with E-state index < -0.39 is 0 Å². The van der Waals surface area contributed by atoms with Crippen LogP contribution in [0.5, 0.6) is 0 Å². The Bertz CT molecular complexity index is 1010. The van der Waals surface area contributed by atoms with Crippen LogP contribution in [-0.4, -0.2) is 16.3 Å². The normalized spacial score (nSPS) is 16.4. The summed E-state index contributed by atoms with van der Waals surface area (Å²) in [6.07, 6.45) is 6.27. The van der Waals surface area contributed by atoms with Crippen LogP contribution >= 0.6 is 0 Å². The Balaban J connectivity index is 1.79. The molecular weight excluding hydrogens is 332 g/mol. The third kappa shape index (κ3) is 3.68. The summed E-state index contributed by atoms with van der Waals surface area (Å²) in [4.78, 5) is 17.0. The summed E-state index contributed by atoms with van der Waals surface area (Å²) in [5, 5.41) is 3.55. The monoisotopic (exact) mass is 354 g/mol. The second kappa shape index (κ2) is 6.84. The number of ketones is 1. The van der Waals surface area contributed by atoms with E-state index in [9.17, 15) is 4.79 Å². The molecule has 0 fully saturated rings. The van der Waals surface area contributed by atoms with Crippen LogP contribution < -0.4 is 5.32 Å². The van der Waals surface area contributed by atoms with Crippen molar-refractivity contribution in [2.75, 3.05) is 0 Å². The number of carbonyl (C=O) groups excluding carboxylic acids is 1. The average Bonchev–Trinajstić information content (AvgIpc) is 2.68. The smallest absolute Gasteiger partial charge is 0.187 e. The number of nitrogens with zero attached hydrogens (tertiary/aromatic N) is 1. The largest absolute Gasteiger partial charge is 0.379 e. The molecule has 0 atom stereocenters. The maximum absolute atomic E-state index is 12.8. The van der Waals surface area contributed by atoms with Crippen LogP contribution in [0.15, 0.2) is 79.1 Å². The van der Waals surface area contributed by atoms with E-state index in [4.69, 9.17) is 0 Å². The summed E-state index contributed by atoms with van der Waals surface area (Å²) >= 11 is 0. The van der Waals surface area contributed by atoms with Gasteiger partial charge in [-0.3, -0.25) is 9.78 Å². The van der Waals surface area contributed by atoms with Crippen molar-refractivity contribution in [2.24, 2.45) is 0 Å². The molecule has 0 unspecified atom stereocenters. The minimum Gasteiger partial charge on any atom is -0.379 e. The molecule has 0 bridgehead atoms. The number of allylic oxidation sites excluding steroid dienone is 1. The van der Waals surface area contributed by atoms with E-state index >= 15 is 0 Å². The molecule has 2 heterocycles. The molecular formula is C24H22N2O. The topological polar surface area (TPSA) is 42.0 Å². The molecule has 3 aromatic rings. The summed E-state index contributed by atoms with van der Waals surface area (Å²) in [5.41, 5.74) is 5.96. The fraction of sp³-hybridized carbons (Fsp3) is 0.167. The second-order valence-corrected chi connectivity index (χ2v) is 7.59. The Morgan fingerprint density at radius 1 is 1.04 bits per heavy atom. The molecule has 0 aliphatic carbocycles. The SMILES string of the molecule is CC1(C)Cc2ccc(-c3cccnc3)cc2C(=CC(=O)c2ccccc2)N1. The van der Waals surface area contributed by atoms with Gasteiger partial charge in [0.2, 0.25) is 0 Å². The summed E-state index contributed by atoms with van der Waals surface area (Å²) in [6, 6.07) is 19.8. The molecule has 0 amide bonds. The molecule has 3 heteroatoms. The van der Waals surface area contributed by atoms with Crippen LogP contribution in [0.4, 0.5) is 0 Å². The number of benzene rings is 2. The maximum Gasteiger partial charge on any atom is 0.187 e. The van der Waals surface area contributed by atoms with Gasteiger partial charge in [-0.15, -0.1) is 0 Å². The van der Waals surface area contributed by atoms with Crippen molar-refractivity contribution in [2.45, 2.75) is 25.8 Å². The van der Waals surface area contributed by atoms with Crippen molar-refractivity contribution in [3.63, 3.8) is 0 Å². The van der Waals surface area contributed by atoms with Crippen LogP contribution in [0, 0.1) is 0 Å². The van der Waals surface area contributed by atoms with Crippen molar-refractivity contribution < 1.29 is 4.79 Å². The van der Waals surface area contributed by atoms with Crippen LogP contribution in [0.3, 0.4) is 0 Å². The van der Waals surface area contributed by atoms with Crippen molar-refractivity contribution in [3.05, 3.63) is 95.8 Å². The van der Waals surface area contributed by atoms with Gasteiger partial charge in [0.25, 0.3) is 0 Å². The van der Waals surface area contributed by atoms with Gasteiger partial charge in [-0.2, -0.15) is 0 Å². The van der Waals surface area contributed by atoms with E-state index in [1.165, 1.54) is 5.56 Å². The molecule has 27 heavy (non-hydrogen) atoms. The maximum atomic E-state index is 12.8. The Kier molecular flexibility index (Phi) is 4.36. The van der Waals surface area contributed by atoms with E-state index in [1.807, 2.05) is 48.7 Å². The number of fused-ring (bicyclic) bond motifs is 1. The lowest BCUT2D eigenvalue weighted by Gasteiger charge is -2.36. The highest BCUT2D eigenvalue weighted by Gasteiger charge is 2.28.